The van der Waals surface area contributed by atoms with E-state index in [9.17, 15) is 13.2 Å². The second kappa shape index (κ2) is 8.13. The quantitative estimate of drug-likeness (QED) is 0.789. The minimum atomic E-state index is -3.66. The largest absolute Gasteiger partial charge is 0.354 e. The number of amides is 1. The third-order valence-electron chi connectivity index (χ3n) is 4.05. The van der Waals surface area contributed by atoms with Gasteiger partial charge < -0.3 is 5.32 Å². The summed E-state index contributed by atoms with van der Waals surface area (Å²) in [6, 6.07) is 13.8. The van der Waals surface area contributed by atoms with Crippen molar-refractivity contribution in [3.8, 4) is 0 Å². The average molecular weight is 389 g/mol. The van der Waals surface area contributed by atoms with Crippen molar-refractivity contribution in [1.29, 1.82) is 0 Å². The Morgan fingerprint density at radius 1 is 0.963 bits per heavy atom. The van der Waals surface area contributed by atoms with Gasteiger partial charge in [-0.2, -0.15) is 0 Å². The number of hydrogen-bond donors (Lipinski definition) is 2. The predicted octanol–water partition coefficient (Wildman–Crippen LogP) is 3.85. The summed E-state index contributed by atoms with van der Waals surface area (Å²) in [6.07, 6.45) is 0.263. The van der Waals surface area contributed by atoms with Crippen molar-refractivity contribution < 1.29 is 13.2 Å². The second-order valence-electron chi connectivity index (χ2n) is 7.98. The maximum atomic E-state index is 12.6. The molecule has 0 heterocycles. The van der Waals surface area contributed by atoms with Crippen LogP contribution in [0.1, 0.15) is 45.7 Å². The fourth-order valence-corrected chi connectivity index (χ4v) is 3.66. The normalized spacial score (nSPS) is 12.1. The van der Waals surface area contributed by atoms with Crippen molar-refractivity contribution in [3.05, 3.63) is 59.7 Å². The maximum absolute atomic E-state index is 12.6. The van der Waals surface area contributed by atoms with Gasteiger partial charge in [0.25, 0.3) is 10.0 Å². The molecule has 0 atom stereocenters. The van der Waals surface area contributed by atoms with E-state index in [1.807, 2.05) is 26.0 Å². The first kappa shape index (κ1) is 21.0. The molecule has 2 aromatic carbocycles. The molecular weight excluding hydrogens is 360 g/mol. The highest BCUT2D eigenvalue weighted by atomic mass is 32.2. The van der Waals surface area contributed by atoms with E-state index >= 15 is 0 Å². The van der Waals surface area contributed by atoms with Gasteiger partial charge >= 0.3 is 0 Å². The van der Waals surface area contributed by atoms with Crippen molar-refractivity contribution in [2.24, 2.45) is 0 Å². The third-order valence-corrected chi connectivity index (χ3v) is 5.45. The van der Waals surface area contributed by atoms with Crippen LogP contribution >= 0.6 is 0 Å². The van der Waals surface area contributed by atoms with Crippen LogP contribution in [0.4, 0.5) is 5.69 Å². The topological polar surface area (TPSA) is 75.3 Å². The van der Waals surface area contributed by atoms with Gasteiger partial charge in [-0.25, -0.2) is 8.42 Å². The van der Waals surface area contributed by atoms with E-state index in [2.05, 4.69) is 30.8 Å². The molecule has 27 heavy (non-hydrogen) atoms. The summed E-state index contributed by atoms with van der Waals surface area (Å²) in [6.45, 7) is 10.1. The lowest BCUT2D eigenvalue weighted by molar-refractivity contribution is -0.120. The number of sulfonamides is 1. The van der Waals surface area contributed by atoms with Crippen LogP contribution in [0.15, 0.2) is 53.4 Å². The summed E-state index contributed by atoms with van der Waals surface area (Å²) in [7, 11) is -3.66. The Morgan fingerprint density at radius 2 is 1.52 bits per heavy atom. The fraction of sp³-hybridized carbons (Fsp3) is 0.381. The fourth-order valence-electron chi connectivity index (χ4n) is 2.60. The lowest BCUT2D eigenvalue weighted by Gasteiger charge is -2.19. The minimum absolute atomic E-state index is 0.0343. The zero-order chi connectivity index (χ0) is 20.2. The number of carbonyl (C=O) groups is 1. The second-order valence-corrected chi connectivity index (χ2v) is 9.66. The van der Waals surface area contributed by atoms with Gasteiger partial charge in [-0.15, -0.1) is 0 Å². The summed E-state index contributed by atoms with van der Waals surface area (Å²) in [5, 5.41) is 2.83. The van der Waals surface area contributed by atoms with E-state index in [1.165, 1.54) is 0 Å². The summed E-state index contributed by atoms with van der Waals surface area (Å²) in [5.74, 6) is -0.0581. The molecule has 2 aromatic rings. The summed E-state index contributed by atoms with van der Waals surface area (Å²) >= 11 is 0. The highest BCUT2D eigenvalue weighted by Gasteiger charge is 2.17. The van der Waals surface area contributed by atoms with Crippen LogP contribution in [-0.4, -0.2) is 20.4 Å². The number of carbonyl (C=O) groups excluding carboxylic acids is 1. The monoisotopic (exact) mass is 388 g/mol. The third kappa shape index (κ3) is 6.10. The number of rotatable bonds is 6. The van der Waals surface area contributed by atoms with Crippen molar-refractivity contribution in [1.82, 2.24) is 5.32 Å². The first-order chi connectivity index (χ1) is 12.5. The number of nitrogens with one attached hydrogen (secondary N) is 2. The Labute approximate surface area is 162 Å². The maximum Gasteiger partial charge on any atom is 0.261 e. The zero-order valence-electron chi connectivity index (χ0n) is 16.5. The van der Waals surface area contributed by atoms with Gasteiger partial charge in [-0.05, 0) is 54.7 Å². The van der Waals surface area contributed by atoms with E-state index in [4.69, 9.17) is 0 Å². The number of anilines is 1. The highest BCUT2D eigenvalue weighted by Crippen LogP contribution is 2.24. The molecule has 0 saturated heterocycles. The molecule has 0 aliphatic heterocycles. The molecule has 0 fully saturated rings. The molecule has 0 aliphatic rings. The van der Waals surface area contributed by atoms with Crippen molar-refractivity contribution in [3.63, 3.8) is 0 Å². The molecule has 1 amide bonds. The molecule has 5 nitrogen and oxygen atoms in total. The lowest BCUT2D eigenvalue weighted by Crippen LogP contribution is -2.31. The van der Waals surface area contributed by atoms with Crippen LogP contribution in [-0.2, 0) is 26.7 Å². The number of hydrogen-bond acceptors (Lipinski definition) is 3. The Morgan fingerprint density at radius 3 is 2.00 bits per heavy atom. The average Bonchev–Trinajstić information content (AvgIpc) is 2.55. The molecule has 0 radical (unpaired) electrons. The molecule has 6 heteroatoms. The van der Waals surface area contributed by atoms with Gasteiger partial charge in [0.1, 0.15) is 0 Å². The van der Waals surface area contributed by atoms with E-state index in [1.54, 1.807) is 36.4 Å². The molecule has 0 unspecified atom stereocenters. The van der Waals surface area contributed by atoms with Gasteiger partial charge in [0, 0.05) is 11.7 Å². The molecular formula is C21H28N2O3S. The van der Waals surface area contributed by atoms with Crippen LogP contribution in [0.2, 0.25) is 0 Å². The first-order valence-corrected chi connectivity index (χ1v) is 10.5. The van der Waals surface area contributed by atoms with E-state index < -0.39 is 10.0 Å². The highest BCUT2D eigenvalue weighted by molar-refractivity contribution is 7.92. The first-order valence-electron chi connectivity index (χ1n) is 8.99. The molecule has 146 valence electrons. The van der Waals surface area contributed by atoms with Crippen LogP contribution in [0.25, 0.3) is 0 Å². The van der Waals surface area contributed by atoms with Gasteiger partial charge in [-0.3, -0.25) is 9.52 Å². The predicted molar refractivity (Wildman–Crippen MR) is 109 cm³/mol. The van der Waals surface area contributed by atoms with Crippen LogP contribution < -0.4 is 10.0 Å². The zero-order valence-corrected chi connectivity index (χ0v) is 17.4. The van der Waals surface area contributed by atoms with E-state index in [0.29, 0.717) is 5.69 Å². The van der Waals surface area contributed by atoms with Crippen molar-refractivity contribution in [2.75, 3.05) is 4.72 Å². The van der Waals surface area contributed by atoms with Crippen molar-refractivity contribution >= 4 is 21.6 Å². The Kier molecular flexibility index (Phi) is 6.31. The van der Waals surface area contributed by atoms with Gasteiger partial charge in [0.05, 0.1) is 11.3 Å². The van der Waals surface area contributed by atoms with Gasteiger partial charge in [0.2, 0.25) is 5.91 Å². The standard InChI is InChI=1S/C21H28N2O3S/c1-15(2)22-20(24)14-16-6-10-18(11-7-16)23-27(25,26)19-12-8-17(9-13-19)21(3,4)5/h6-13,15,23H,14H2,1-5H3,(H,22,24). The van der Waals surface area contributed by atoms with Gasteiger partial charge in [0.15, 0.2) is 0 Å². The molecule has 0 bridgehead atoms. The van der Waals surface area contributed by atoms with Crippen LogP contribution in [0, 0.1) is 0 Å². The Bertz CT molecular complexity index is 879. The summed E-state index contributed by atoms with van der Waals surface area (Å²) in [5.41, 5.74) is 2.33. The molecule has 0 aliphatic carbocycles. The van der Waals surface area contributed by atoms with E-state index in [-0.39, 0.29) is 28.7 Å². The Balaban J connectivity index is 2.08. The van der Waals surface area contributed by atoms with Crippen LogP contribution in [0.3, 0.4) is 0 Å². The molecule has 2 rings (SSSR count). The molecule has 0 aromatic heterocycles. The minimum Gasteiger partial charge on any atom is -0.354 e. The molecule has 0 spiro atoms. The summed E-state index contributed by atoms with van der Waals surface area (Å²) < 4.78 is 27.7. The smallest absolute Gasteiger partial charge is 0.261 e. The van der Waals surface area contributed by atoms with E-state index in [0.717, 1.165) is 11.1 Å². The van der Waals surface area contributed by atoms with Crippen molar-refractivity contribution in [2.45, 2.75) is 57.4 Å². The SMILES string of the molecule is CC(C)NC(=O)Cc1ccc(NS(=O)(=O)c2ccc(C(C)(C)C)cc2)cc1. The molecule has 2 N–H and O–H groups in total. The van der Waals surface area contributed by atoms with Crippen LogP contribution in [0.5, 0.6) is 0 Å². The lowest BCUT2D eigenvalue weighted by atomic mass is 9.87. The Hall–Kier alpha value is -2.34. The summed E-state index contributed by atoms with van der Waals surface area (Å²) in [4.78, 5) is 12.0. The van der Waals surface area contributed by atoms with Gasteiger partial charge in [-0.1, -0.05) is 45.0 Å². The number of benzene rings is 2. The molecule has 0 saturated carbocycles.